The lowest BCUT2D eigenvalue weighted by Gasteiger charge is -2.44. The van der Waals surface area contributed by atoms with Crippen LogP contribution in [0.5, 0.6) is 11.5 Å². The maximum Gasteiger partial charge on any atom is 0.407 e. The van der Waals surface area contributed by atoms with Gasteiger partial charge in [-0.3, -0.25) is 4.90 Å². The maximum atomic E-state index is 12.9. The topological polar surface area (TPSA) is 60.0 Å². The van der Waals surface area contributed by atoms with Gasteiger partial charge in [-0.15, -0.1) is 0 Å². The quantitative estimate of drug-likeness (QED) is 0.645. The van der Waals surface area contributed by atoms with Gasteiger partial charge in [0.25, 0.3) is 0 Å². The molecule has 6 rings (SSSR count). The highest BCUT2D eigenvalue weighted by Gasteiger charge is 2.41. The van der Waals surface area contributed by atoms with Crippen LogP contribution < -0.4 is 14.8 Å². The van der Waals surface area contributed by atoms with Crippen LogP contribution >= 0.6 is 0 Å². The molecule has 4 aliphatic heterocycles. The van der Waals surface area contributed by atoms with Gasteiger partial charge in [-0.1, -0.05) is 38.1 Å². The van der Waals surface area contributed by atoms with Crippen molar-refractivity contribution in [2.45, 2.75) is 45.4 Å². The van der Waals surface area contributed by atoms with Crippen LogP contribution in [0.3, 0.4) is 0 Å². The molecule has 34 heavy (non-hydrogen) atoms. The van der Waals surface area contributed by atoms with E-state index in [2.05, 4.69) is 28.8 Å². The predicted molar refractivity (Wildman–Crippen MR) is 123 cm³/mol. The highest BCUT2D eigenvalue weighted by Crippen LogP contribution is 2.44. The van der Waals surface area contributed by atoms with E-state index in [-0.39, 0.29) is 29.4 Å². The number of benzene rings is 2. The van der Waals surface area contributed by atoms with E-state index in [9.17, 15) is 13.6 Å². The Morgan fingerprint density at radius 3 is 2.47 bits per heavy atom. The van der Waals surface area contributed by atoms with E-state index in [0.717, 1.165) is 49.2 Å². The summed E-state index contributed by atoms with van der Waals surface area (Å²) >= 11 is 0. The van der Waals surface area contributed by atoms with Crippen molar-refractivity contribution in [3.63, 3.8) is 0 Å². The predicted octanol–water partition coefficient (Wildman–Crippen LogP) is 5.24. The first kappa shape index (κ1) is 22.9. The van der Waals surface area contributed by atoms with Gasteiger partial charge in [0.2, 0.25) is 0 Å². The molecule has 182 valence electrons. The third-order valence-corrected chi connectivity index (χ3v) is 7.24. The summed E-state index contributed by atoms with van der Waals surface area (Å²) in [5.41, 5.74) is 2.31. The van der Waals surface area contributed by atoms with E-state index < -0.39 is 6.61 Å². The van der Waals surface area contributed by atoms with Gasteiger partial charge in [-0.05, 0) is 61.2 Å². The minimum Gasteiger partial charge on any atom is -0.493 e. The summed E-state index contributed by atoms with van der Waals surface area (Å²) in [6.07, 6.45) is 1.73. The van der Waals surface area contributed by atoms with Crippen LogP contribution in [0.2, 0.25) is 0 Å². The lowest BCUT2D eigenvalue weighted by Crippen LogP contribution is -2.53. The standard InChI is InChI=1S/C26H30F2N2O4/c1-26(2)15-32-21-13-18(16-3-6-19(7-4-16)33-24(27)28)5-8-20(21)23(26)29-25(31)34-22-14-30-11-9-17(22)10-12-30/h3-8,13,17,22-24H,9-12,14-15H2,1-2H3,(H,29,31)/t22-,23?/m1/s1. The number of piperidine rings is 3. The summed E-state index contributed by atoms with van der Waals surface area (Å²) in [5.74, 6) is 1.25. The van der Waals surface area contributed by atoms with Crippen molar-refractivity contribution in [2.75, 3.05) is 26.2 Å². The van der Waals surface area contributed by atoms with Gasteiger partial charge in [0, 0.05) is 17.5 Å². The molecule has 1 unspecified atom stereocenters. The van der Waals surface area contributed by atoms with Crippen molar-refractivity contribution in [1.82, 2.24) is 10.2 Å². The number of hydrogen-bond donors (Lipinski definition) is 1. The molecule has 2 atom stereocenters. The Bertz CT molecular complexity index is 1040. The van der Waals surface area contributed by atoms with Crippen molar-refractivity contribution in [1.29, 1.82) is 0 Å². The van der Waals surface area contributed by atoms with E-state index in [1.807, 2.05) is 18.2 Å². The minimum atomic E-state index is -2.85. The average molecular weight is 473 g/mol. The molecule has 3 fully saturated rings. The molecule has 3 saturated heterocycles. The number of alkyl halides is 2. The van der Waals surface area contributed by atoms with Crippen LogP contribution in [0.15, 0.2) is 42.5 Å². The number of halogens is 2. The lowest BCUT2D eigenvalue weighted by molar-refractivity contribution is -0.0498. The molecule has 4 heterocycles. The van der Waals surface area contributed by atoms with Gasteiger partial charge in [0.1, 0.15) is 17.6 Å². The monoisotopic (exact) mass is 472 g/mol. The number of hydrogen-bond acceptors (Lipinski definition) is 5. The molecule has 2 bridgehead atoms. The van der Waals surface area contributed by atoms with E-state index >= 15 is 0 Å². The average Bonchev–Trinajstić information content (AvgIpc) is 2.82. The second-order valence-electron chi connectivity index (χ2n) is 10.1. The molecule has 8 heteroatoms. The first-order chi connectivity index (χ1) is 16.3. The van der Waals surface area contributed by atoms with Crippen molar-refractivity contribution in [2.24, 2.45) is 11.3 Å². The Labute approximate surface area is 198 Å². The summed E-state index contributed by atoms with van der Waals surface area (Å²) in [6.45, 7) is 4.71. The SMILES string of the molecule is CC1(C)COc2cc(-c3ccc(OC(F)F)cc3)ccc2C1NC(=O)O[C@@H]1CN2CCC1CC2. The Kier molecular flexibility index (Phi) is 6.10. The number of alkyl carbamates (subject to hydrolysis) is 1. The van der Waals surface area contributed by atoms with E-state index in [1.54, 1.807) is 12.1 Å². The number of ether oxygens (including phenoxy) is 3. The molecule has 6 nitrogen and oxygen atoms in total. The number of nitrogens with zero attached hydrogens (tertiary/aromatic N) is 1. The van der Waals surface area contributed by atoms with Gasteiger partial charge in [0.05, 0.1) is 12.6 Å². The van der Waals surface area contributed by atoms with Gasteiger partial charge in [-0.2, -0.15) is 8.78 Å². The van der Waals surface area contributed by atoms with Crippen LogP contribution in [0.1, 0.15) is 38.3 Å². The summed E-state index contributed by atoms with van der Waals surface area (Å²) in [6, 6.07) is 12.0. The van der Waals surface area contributed by atoms with Crippen LogP contribution in [-0.2, 0) is 4.74 Å². The minimum absolute atomic E-state index is 0.0516. The molecule has 0 radical (unpaired) electrons. The fourth-order valence-electron chi connectivity index (χ4n) is 5.28. The second-order valence-corrected chi connectivity index (χ2v) is 10.1. The fraction of sp³-hybridized carbons (Fsp3) is 0.500. The number of fused-ring (bicyclic) bond motifs is 4. The number of carbonyl (C=O) groups is 1. The Hall–Kier alpha value is -2.87. The number of nitrogens with one attached hydrogen (secondary N) is 1. The number of amides is 1. The van der Waals surface area contributed by atoms with Crippen molar-refractivity contribution >= 4 is 6.09 Å². The summed E-state index contributed by atoms with van der Waals surface area (Å²) in [4.78, 5) is 15.3. The van der Waals surface area contributed by atoms with E-state index in [1.165, 1.54) is 12.1 Å². The van der Waals surface area contributed by atoms with Crippen LogP contribution in [0.25, 0.3) is 11.1 Å². The third-order valence-electron chi connectivity index (χ3n) is 7.24. The molecule has 0 saturated carbocycles. The summed E-state index contributed by atoms with van der Waals surface area (Å²) in [7, 11) is 0. The fourth-order valence-corrected chi connectivity index (χ4v) is 5.28. The molecule has 4 aliphatic rings. The van der Waals surface area contributed by atoms with Gasteiger partial charge >= 0.3 is 12.7 Å². The van der Waals surface area contributed by atoms with Crippen molar-refractivity contribution < 1.29 is 27.8 Å². The molecular weight excluding hydrogens is 442 g/mol. The largest absolute Gasteiger partial charge is 0.493 e. The molecule has 1 N–H and O–H groups in total. The first-order valence-electron chi connectivity index (χ1n) is 11.8. The molecule has 0 aliphatic carbocycles. The van der Waals surface area contributed by atoms with Crippen LogP contribution in [-0.4, -0.2) is 49.9 Å². The zero-order chi connectivity index (χ0) is 23.9. The zero-order valence-electron chi connectivity index (χ0n) is 19.4. The lowest BCUT2D eigenvalue weighted by atomic mass is 9.78. The van der Waals surface area contributed by atoms with Gasteiger partial charge in [-0.25, -0.2) is 4.79 Å². The highest BCUT2D eigenvalue weighted by molar-refractivity contribution is 5.70. The van der Waals surface area contributed by atoms with Gasteiger partial charge in [0.15, 0.2) is 0 Å². The molecule has 0 spiro atoms. The Morgan fingerprint density at radius 1 is 1.12 bits per heavy atom. The van der Waals surface area contributed by atoms with Crippen molar-refractivity contribution in [3.05, 3.63) is 48.0 Å². The molecule has 0 aromatic heterocycles. The van der Waals surface area contributed by atoms with E-state index in [0.29, 0.717) is 18.3 Å². The molecule has 2 aromatic carbocycles. The number of rotatable bonds is 5. The number of carbonyl (C=O) groups excluding carboxylic acids is 1. The molecular formula is C26H30F2N2O4. The second kappa shape index (κ2) is 9.06. The normalized spacial score (nSPS) is 27.0. The third kappa shape index (κ3) is 4.69. The Balaban J connectivity index is 1.32. The first-order valence-corrected chi connectivity index (χ1v) is 11.8. The van der Waals surface area contributed by atoms with Crippen molar-refractivity contribution in [3.8, 4) is 22.6 Å². The summed E-state index contributed by atoms with van der Waals surface area (Å²) in [5, 5.41) is 3.11. The smallest absolute Gasteiger partial charge is 0.407 e. The van der Waals surface area contributed by atoms with Crippen LogP contribution in [0.4, 0.5) is 13.6 Å². The van der Waals surface area contributed by atoms with Crippen LogP contribution in [0, 0.1) is 11.3 Å². The Morgan fingerprint density at radius 2 is 1.82 bits per heavy atom. The summed E-state index contributed by atoms with van der Waals surface area (Å²) < 4.78 is 41.2. The van der Waals surface area contributed by atoms with E-state index in [4.69, 9.17) is 9.47 Å². The molecule has 2 aromatic rings. The zero-order valence-corrected chi connectivity index (χ0v) is 19.4. The molecule has 1 amide bonds. The van der Waals surface area contributed by atoms with Gasteiger partial charge < -0.3 is 19.5 Å². The highest BCUT2D eigenvalue weighted by atomic mass is 19.3. The maximum absolute atomic E-state index is 12.9.